The molecule has 2 fully saturated rings. The van der Waals surface area contributed by atoms with Crippen molar-refractivity contribution < 1.29 is 28.0 Å². The summed E-state index contributed by atoms with van der Waals surface area (Å²) in [5, 5.41) is 16.9. The third-order valence-electron chi connectivity index (χ3n) is 7.27. The van der Waals surface area contributed by atoms with Gasteiger partial charge in [-0.3, -0.25) is 19.2 Å². The van der Waals surface area contributed by atoms with Crippen LogP contribution in [0.2, 0.25) is 0 Å². The Morgan fingerprint density at radius 1 is 1.24 bits per heavy atom. The molecule has 3 aliphatic heterocycles. The lowest BCUT2D eigenvalue weighted by Gasteiger charge is -2.22. The highest BCUT2D eigenvalue weighted by Gasteiger charge is 2.50. The number of halogens is 2. The normalized spacial score (nSPS) is 23.6. The second-order valence-electron chi connectivity index (χ2n) is 9.98. The lowest BCUT2D eigenvalue weighted by Crippen LogP contribution is -2.46. The van der Waals surface area contributed by atoms with Gasteiger partial charge in [-0.25, -0.2) is 8.78 Å². The van der Waals surface area contributed by atoms with Gasteiger partial charge < -0.3 is 25.7 Å². The first-order valence-corrected chi connectivity index (χ1v) is 12.6. The van der Waals surface area contributed by atoms with Crippen LogP contribution in [0.15, 0.2) is 18.2 Å². The van der Waals surface area contributed by atoms with Crippen LogP contribution >= 0.6 is 0 Å². The Bertz CT molecular complexity index is 1160. The Kier molecular flexibility index (Phi) is 8.30. The largest absolute Gasteiger partial charge is 0.365 e. The molecule has 200 valence electrons. The summed E-state index contributed by atoms with van der Waals surface area (Å²) >= 11 is 0. The lowest BCUT2D eigenvalue weighted by molar-refractivity contribution is -0.135. The van der Waals surface area contributed by atoms with Crippen LogP contribution in [0.25, 0.3) is 0 Å². The van der Waals surface area contributed by atoms with Gasteiger partial charge in [0.25, 0.3) is 5.92 Å². The molecule has 3 N–H and O–H groups in total. The molecule has 13 heteroatoms. The number of hydrogen-bond acceptors (Lipinski definition) is 6. The number of nitrogens with zero attached hydrogens (tertiary/aromatic N) is 3. The molecular formula is C25H29BF2N6O4. The molecular weight excluding hydrogens is 497 g/mol. The SMILES string of the molecule is [B]NCCNC(=O)CCc1cccc2c1CN(C(=O)C[C@@H]1C[C@@H](C(=O)N3CC(F)(F)C[C@H]3C#N)NC1=O)C2. The van der Waals surface area contributed by atoms with Gasteiger partial charge in [0.15, 0.2) is 7.98 Å². The summed E-state index contributed by atoms with van der Waals surface area (Å²) in [4.78, 5) is 52.9. The molecule has 0 unspecified atom stereocenters. The van der Waals surface area contributed by atoms with Gasteiger partial charge in [0.1, 0.15) is 12.1 Å². The molecule has 1 aromatic carbocycles. The topological polar surface area (TPSA) is 135 Å². The molecule has 1 aromatic rings. The van der Waals surface area contributed by atoms with E-state index in [2.05, 4.69) is 15.9 Å². The van der Waals surface area contributed by atoms with Crippen molar-refractivity contribution in [2.45, 2.75) is 63.2 Å². The number of carbonyl (C=O) groups excluding carboxylic acids is 4. The van der Waals surface area contributed by atoms with E-state index in [0.29, 0.717) is 39.0 Å². The van der Waals surface area contributed by atoms with E-state index in [4.69, 9.17) is 13.2 Å². The zero-order valence-corrected chi connectivity index (χ0v) is 20.8. The highest BCUT2D eigenvalue weighted by Crippen LogP contribution is 2.34. The Hall–Kier alpha value is -3.53. The predicted molar refractivity (Wildman–Crippen MR) is 131 cm³/mol. The maximum absolute atomic E-state index is 13.8. The zero-order chi connectivity index (χ0) is 27.4. The van der Waals surface area contributed by atoms with Gasteiger partial charge >= 0.3 is 0 Å². The molecule has 4 rings (SSSR count). The van der Waals surface area contributed by atoms with Gasteiger partial charge in [-0.1, -0.05) is 18.2 Å². The smallest absolute Gasteiger partial charge is 0.268 e. The summed E-state index contributed by atoms with van der Waals surface area (Å²) in [6.45, 7) is 0.758. The minimum absolute atomic E-state index is 0.00442. The average Bonchev–Trinajstić information content (AvgIpc) is 3.57. The Morgan fingerprint density at radius 2 is 2.03 bits per heavy atom. The van der Waals surface area contributed by atoms with Crippen molar-refractivity contribution in [3.8, 4) is 6.07 Å². The molecule has 0 saturated carbocycles. The summed E-state index contributed by atoms with van der Waals surface area (Å²) in [5.41, 5.74) is 2.94. The first kappa shape index (κ1) is 27.5. The van der Waals surface area contributed by atoms with Gasteiger partial charge in [0.05, 0.1) is 12.6 Å². The highest BCUT2D eigenvalue weighted by molar-refractivity contribution is 6.04. The standard InChI is InChI=1S/C25H29BF2N6O4/c26-31-7-6-30-21(35)5-4-15-2-1-3-16-12-33(13-19(15)16)22(36)9-17-8-20(32-23(17)37)24(38)34-14-25(27,28)10-18(34)11-29/h1-3,17-18,20,31H,4-10,12-14H2,(H,30,35)(H,32,37)/t17-,18-,20-/m0/s1. The maximum Gasteiger partial charge on any atom is 0.268 e. The molecule has 0 bridgehead atoms. The molecule has 3 aliphatic rings. The Balaban J connectivity index is 1.31. The summed E-state index contributed by atoms with van der Waals surface area (Å²) in [6, 6.07) is 5.17. The van der Waals surface area contributed by atoms with Crippen LogP contribution < -0.4 is 15.9 Å². The zero-order valence-electron chi connectivity index (χ0n) is 20.8. The molecule has 10 nitrogen and oxygen atoms in total. The minimum atomic E-state index is -3.15. The number of fused-ring (bicyclic) bond motifs is 1. The van der Waals surface area contributed by atoms with Gasteiger partial charge in [-0.2, -0.15) is 5.26 Å². The number of carbonyl (C=O) groups is 4. The van der Waals surface area contributed by atoms with Crippen LogP contribution in [0.3, 0.4) is 0 Å². The number of aryl methyl sites for hydroxylation is 1. The molecule has 0 spiro atoms. The number of nitrogens with one attached hydrogen (secondary N) is 3. The Morgan fingerprint density at radius 3 is 2.76 bits per heavy atom. The van der Waals surface area contributed by atoms with Crippen molar-refractivity contribution in [1.82, 2.24) is 25.7 Å². The first-order valence-electron chi connectivity index (χ1n) is 12.6. The molecule has 0 aromatic heterocycles. The highest BCUT2D eigenvalue weighted by atomic mass is 19.3. The summed E-state index contributed by atoms with van der Waals surface area (Å²) < 4.78 is 27.5. The van der Waals surface area contributed by atoms with E-state index in [1.807, 2.05) is 18.2 Å². The predicted octanol–water partition coefficient (Wildman–Crippen LogP) is -0.0947. The van der Waals surface area contributed by atoms with Gasteiger partial charge in [0.2, 0.25) is 23.6 Å². The van der Waals surface area contributed by atoms with E-state index >= 15 is 0 Å². The molecule has 4 amide bonds. The van der Waals surface area contributed by atoms with Crippen molar-refractivity contribution in [2.24, 2.45) is 5.92 Å². The van der Waals surface area contributed by atoms with E-state index < -0.39 is 48.7 Å². The number of benzene rings is 1. The molecule has 2 radical (unpaired) electrons. The van der Waals surface area contributed by atoms with Gasteiger partial charge in [-0.05, 0) is 29.5 Å². The van der Waals surface area contributed by atoms with Crippen molar-refractivity contribution in [1.29, 1.82) is 5.26 Å². The number of alkyl halides is 2. The maximum atomic E-state index is 13.8. The molecule has 3 atom stereocenters. The van der Waals surface area contributed by atoms with E-state index in [0.717, 1.165) is 21.6 Å². The number of rotatable bonds is 9. The van der Waals surface area contributed by atoms with Crippen LogP contribution in [-0.2, 0) is 38.7 Å². The van der Waals surface area contributed by atoms with Crippen molar-refractivity contribution >= 4 is 31.6 Å². The van der Waals surface area contributed by atoms with Crippen molar-refractivity contribution in [3.63, 3.8) is 0 Å². The average molecular weight is 526 g/mol. The van der Waals surface area contributed by atoms with Crippen LogP contribution in [0.1, 0.15) is 42.4 Å². The fourth-order valence-electron chi connectivity index (χ4n) is 5.30. The first-order chi connectivity index (χ1) is 18.1. The quantitative estimate of drug-likeness (QED) is 0.304. The van der Waals surface area contributed by atoms with E-state index in [-0.39, 0.29) is 24.7 Å². The lowest BCUT2D eigenvalue weighted by atomic mass is 9.99. The summed E-state index contributed by atoms with van der Waals surface area (Å²) in [5.74, 6) is -5.48. The number of amides is 4. The summed E-state index contributed by atoms with van der Waals surface area (Å²) in [6.07, 6.45) is -0.0338. The monoisotopic (exact) mass is 526 g/mol. The van der Waals surface area contributed by atoms with Crippen molar-refractivity contribution in [3.05, 3.63) is 34.9 Å². The van der Waals surface area contributed by atoms with Gasteiger partial charge in [-0.15, -0.1) is 0 Å². The van der Waals surface area contributed by atoms with Crippen LogP contribution in [-0.4, -0.2) is 79.1 Å². The molecule has 38 heavy (non-hydrogen) atoms. The van der Waals surface area contributed by atoms with Crippen molar-refractivity contribution in [2.75, 3.05) is 19.6 Å². The van der Waals surface area contributed by atoms with Crippen LogP contribution in [0.5, 0.6) is 0 Å². The minimum Gasteiger partial charge on any atom is -0.365 e. The summed E-state index contributed by atoms with van der Waals surface area (Å²) in [7, 11) is 5.19. The second kappa shape index (κ2) is 11.5. The fraction of sp³-hybridized carbons (Fsp3) is 0.560. The fourth-order valence-corrected chi connectivity index (χ4v) is 5.30. The number of hydrogen-bond donors (Lipinski definition) is 3. The second-order valence-corrected chi connectivity index (χ2v) is 9.98. The molecule has 2 saturated heterocycles. The number of nitriles is 1. The molecule has 0 aliphatic carbocycles. The molecule has 3 heterocycles. The number of likely N-dealkylation sites (tertiary alicyclic amines) is 1. The van der Waals surface area contributed by atoms with Gasteiger partial charge in [0, 0.05) is 51.4 Å². The van der Waals surface area contributed by atoms with E-state index in [1.54, 1.807) is 11.0 Å². The third-order valence-corrected chi connectivity index (χ3v) is 7.27. The van der Waals surface area contributed by atoms with E-state index in [1.165, 1.54) is 0 Å². The van der Waals surface area contributed by atoms with Crippen LogP contribution in [0, 0.1) is 17.2 Å². The third kappa shape index (κ3) is 6.12. The van der Waals surface area contributed by atoms with Crippen LogP contribution in [0.4, 0.5) is 8.78 Å². The van der Waals surface area contributed by atoms with E-state index in [9.17, 15) is 28.0 Å². The Labute approximate surface area is 220 Å².